The Morgan fingerprint density at radius 1 is 1.09 bits per heavy atom. The predicted octanol–water partition coefficient (Wildman–Crippen LogP) is 5.12. The smallest absolute Gasteiger partial charge is 0.253 e. The minimum Gasteiger partial charge on any atom is -0.339 e. The highest BCUT2D eigenvalue weighted by Crippen LogP contribution is 2.29. The molecule has 1 heterocycles. The molecule has 1 saturated heterocycles. The van der Waals surface area contributed by atoms with Crippen molar-refractivity contribution in [1.29, 1.82) is 0 Å². The van der Waals surface area contributed by atoms with Crippen LogP contribution in [0.15, 0.2) is 53.0 Å². The number of hydrogen-bond donors (Lipinski definition) is 0. The van der Waals surface area contributed by atoms with Gasteiger partial charge in [0.15, 0.2) is 0 Å². The van der Waals surface area contributed by atoms with Gasteiger partial charge in [-0.1, -0.05) is 45.7 Å². The molecule has 1 fully saturated rings. The van der Waals surface area contributed by atoms with E-state index in [0.717, 1.165) is 41.0 Å². The molecule has 3 rings (SSSR count). The molecule has 4 heteroatoms. The van der Waals surface area contributed by atoms with E-state index in [-0.39, 0.29) is 5.91 Å². The molecule has 0 atom stereocenters. The van der Waals surface area contributed by atoms with Gasteiger partial charge < -0.3 is 4.90 Å². The Kier molecular flexibility index (Phi) is 4.84. The fourth-order valence-corrected chi connectivity index (χ4v) is 3.48. The topological polar surface area (TPSA) is 20.3 Å². The van der Waals surface area contributed by atoms with E-state index < -0.39 is 0 Å². The number of benzene rings is 2. The van der Waals surface area contributed by atoms with Gasteiger partial charge in [0.2, 0.25) is 0 Å². The van der Waals surface area contributed by atoms with Crippen LogP contribution in [0.5, 0.6) is 0 Å². The molecule has 0 spiro atoms. The van der Waals surface area contributed by atoms with Crippen molar-refractivity contribution < 1.29 is 4.79 Å². The quantitative estimate of drug-likeness (QED) is 0.710. The standard InChI is InChI=1S/C18H17BrClNO/c19-16-3-1-2-15(12-16)18(22)21-10-8-14(9-11-21)13-4-6-17(20)7-5-13/h1-7,12,14H,8-11H2. The zero-order valence-corrected chi connectivity index (χ0v) is 14.5. The largest absolute Gasteiger partial charge is 0.339 e. The van der Waals surface area contributed by atoms with Crippen LogP contribution in [0, 0.1) is 0 Å². The fourth-order valence-electron chi connectivity index (χ4n) is 2.95. The number of likely N-dealkylation sites (tertiary alicyclic amines) is 1. The second kappa shape index (κ2) is 6.84. The molecule has 1 aliphatic rings. The minimum absolute atomic E-state index is 0.121. The molecule has 22 heavy (non-hydrogen) atoms. The van der Waals surface area contributed by atoms with Gasteiger partial charge in [-0.3, -0.25) is 4.79 Å². The second-order valence-electron chi connectivity index (χ2n) is 5.63. The van der Waals surface area contributed by atoms with Gasteiger partial charge >= 0.3 is 0 Å². The van der Waals surface area contributed by atoms with Crippen LogP contribution in [0.25, 0.3) is 0 Å². The molecule has 1 amide bonds. The average molecular weight is 379 g/mol. The molecule has 0 unspecified atom stereocenters. The summed E-state index contributed by atoms with van der Waals surface area (Å²) in [4.78, 5) is 14.5. The molecule has 1 aliphatic heterocycles. The van der Waals surface area contributed by atoms with E-state index in [2.05, 4.69) is 28.1 Å². The van der Waals surface area contributed by atoms with E-state index in [9.17, 15) is 4.79 Å². The van der Waals surface area contributed by atoms with Crippen LogP contribution >= 0.6 is 27.5 Å². The van der Waals surface area contributed by atoms with Crippen LogP contribution in [0.3, 0.4) is 0 Å². The summed E-state index contributed by atoms with van der Waals surface area (Å²) in [5.41, 5.74) is 2.07. The first kappa shape index (κ1) is 15.6. The first-order valence-corrected chi connectivity index (χ1v) is 8.61. The van der Waals surface area contributed by atoms with E-state index in [1.165, 1.54) is 5.56 Å². The van der Waals surface area contributed by atoms with E-state index >= 15 is 0 Å². The molecule has 0 bridgehead atoms. The summed E-state index contributed by atoms with van der Waals surface area (Å²) in [5, 5.41) is 0.769. The Morgan fingerprint density at radius 3 is 2.41 bits per heavy atom. The third-order valence-electron chi connectivity index (χ3n) is 4.20. The van der Waals surface area contributed by atoms with Crippen molar-refractivity contribution >= 4 is 33.4 Å². The molecule has 0 aromatic heterocycles. The lowest BCUT2D eigenvalue weighted by atomic mass is 9.89. The molecular formula is C18H17BrClNO. The number of nitrogens with zero attached hydrogens (tertiary/aromatic N) is 1. The summed E-state index contributed by atoms with van der Waals surface area (Å²) in [6, 6.07) is 15.7. The summed E-state index contributed by atoms with van der Waals surface area (Å²) in [6.07, 6.45) is 2.00. The summed E-state index contributed by atoms with van der Waals surface area (Å²) in [6.45, 7) is 1.61. The van der Waals surface area contributed by atoms with E-state index in [0.29, 0.717) is 5.92 Å². The van der Waals surface area contributed by atoms with Gasteiger partial charge in [0, 0.05) is 28.1 Å². The maximum absolute atomic E-state index is 12.5. The fraction of sp³-hybridized carbons (Fsp3) is 0.278. The summed E-state index contributed by atoms with van der Waals surface area (Å²) in [7, 11) is 0. The van der Waals surface area contributed by atoms with Crippen LogP contribution < -0.4 is 0 Å². The van der Waals surface area contributed by atoms with E-state index in [4.69, 9.17) is 11.6 Å². The SMILES string of the molecule is O=C(c1cccc(Br)c1)N1CCC(c2ccc(Cl)cc2)CC1. The third kappa shape index (κ3) is 3.53. The lowest BCUT2D eigenvalue weighted by Crippen LogP contribution is -2.37. The number of carbonyl (C=O) groups is 1. The van der Waals surface area contributed by atoms with E-state index in [1.54, 1.807) is 0 Å². The highest BCUT2D eigenvalue weighted by Gasteiger charge is 2.24. The van der Waals surface area contributed by atoms with Crippen molar-refractivity contribution in [3.63, 3.8) is 0 Å². The van der Waals surface area contributed by atoms with Gasteiger partial charge in [-0.2, -0.15) is 0 Å². The van der Waals surface area contributed by atoms with Gasteiger partial charge in [-0.05, 0) is 54.7 Å². The average Bonchev–Trinajstić information content (AvgIpc) is 2.55. The van der Waals surface area contributed by atoms with Gasteiger partial charge in [-0.25, -0.2) is 0 Å². The van der Waals surface area contributed by atoms with Crippen molar-refractivity contribution in [2.45, 2.75) is 18.8 Å². The Morgan fingerprint density at radius 2 is 1.77 bits per heavy atom. The Balaban J connectivity index is 1.64. The summed E-state index contributed by atoms with van der Waals surface area (Å²) < 4.78 is 0.939. The summed E-state index contributed by atoms with van der Waals surface area (Å²) >= 11 is 9.36. The lowest BCUT2D eigenvalue weighted by Gasteiger charge is -2.32. The van der Waals surface area contributed by atoms with Crippen LogP contribution in [-0.4, -0.2) is 23.9 Å². The first-order valence-electron chi connectivity index (χ1n) is 7.44. The second-order valence-corrected chi connectivity index (χ2v) is 6.98. The Labute approximate surface area is 144 Å². The number of hydrogen-bond acceptors (Lipinski definition) is 1. The van der Waals surface area contributed by atoms with Crippen molar-refractivity contribution in [2.75, 3.05) is 13.1 Å². The Hall–Kier alpha value is -1.32. The molecular weight excluding hydrogens is 362 g/mol. The van der Waals surface area contributed by atoms with Crippen molar-refractivity contribution in [2.24, 2.45) is 0 Å². The van der Waals surface area contributed by atoms with Crippen molar-refractivity contribution in [1.82, 2.24) is 4.90 Å². The maximum atomic E-state index is 12.5. The third-order valence-corrected chi connectivity index (χ3v) is 4.94. The zero-order valence-electron chi connectivity index (χ0n) is 12.1. The molecule has 2 aromatic rings. The lowest BCUT2D eigenvalue weighted by molar-refractivity contribution is 0.0713. The van der Waals surface area contributed by atoms with Crippen LogP contribution in [0.2, 0.25) is 5.02 Å². The number of piperidine rings is 1. The molecule has 2 aromatic carbocycles. The van der Waals surface area contributed by atoms with Gasteiger partial charge in [0.1, 0.15) is 0 Å². The maximum Gasteiger partial charge on any atom is 0.253 e. The van der Waals surface area contributed by atoms with Gasteiger partial charge in [0.25, 0.3) is 5.91 Å². The molecule has 114 valence electrons. The normalized spacial score (nSPS) is 15.8. The number of halogens is 2. The molecule has 0 aliphatic carbocycles. The van der Waals surface area contributed by atoms with Crippen LogP contribution in [0.1, 0.15) is 34.7 Å². The van der Waals surface area contributed by atoms with Gasteiger partial charge in [-0.15, -0.1) is 0 Å². The monoisotopic (exact) mass is 377 g/mol. The minimum atomic E-state index is 0.121. The Bertz CT molecular complexity index is 663. The number of carbonyl (C=O) groups excluding carboxylic acids is 1. The zero-order chi connectivity index (χ0) is 15.5. The van der Waals surface area contributed by atoms with Crippen molar-refractivity contribution in [3.8, 4) is 0 Å². The number of amides is 1. The number of rotatable bonds is 2. The van der Waals surface area contributed by atoms with E-state index in [1.807, 2.05) is 41.3 Å². The predicted molar refractivity (Wildman–Crippen MR) is 93.5 cm³/mol. The van der Waals surface area contributed by atoms with Crippen LogP contribution in [0.4, 0.5) is 0 Å². The molecule has 2 nitrogen and oxygen atoms in total. The highest BCUT2D eigenvalue weighted by atomic mass is 79.9. The highest BCUT2D eigenvalue weighted by molar-refractivity contribution is 9.10. The molecule has 0 N–H and O–H groups in total. The van der Waals surface area contributed by atoms with Crippen molar-refractivity contribution in [3.05, 3.63) is 69.2 Å². The van der Waals surface area contributed by atoms with Crippen LogP contribution in [-0.2, 0) is 0 Å². The molecule has 0 radical (unpaired) electrons. The molecule has 0 saturated carbocycles. The first-order chi connectivity index (χ1) is 10.6. The summed E-state index contributed by atoms with van der Waals surface area (Å²) in [5.74, 6) is 0.639. The van der Waals surface area contributed by atoms with Gasteiger partial charge in [0.05, 0.1) is 0 Å².